The van der Waals surface area contributed by atoms with Gasteiger partial charge in [0.05, 0.1) is 4.47 Å². The standard InChI is InChI=1S/C9H15BrN4/c1-6(2)8(3-11)14-9-12-4-7(10)5-13-9/h4-6,8H,3,11H2,1-2H3,(H,12,13,14). The van der Waals surface area contributed by atoms with Crippen molar-refractivity contribution in [1.82, 2.24) is 9.97 Å². The van der Waals surface area contributed by atoms with Gasteiger partial charge < -0.3 is 11.1 Å². The van der Waals surface area contributed by atoms with Crippen LogP contribution >= 0.6 is 15.9 Å². The van der Waals surface area contributed by atoms with Crippen LogP contribution in [0.1, 0.15) is 13.8 Å². The Morgan fingerprint density at radius 3 is 2.43 bits per heavy atom. The fraction of sp³-hybridized carbons (Fsp3) is 0.556. The van der Waals surface area contributed by atoms with E-state index in [1.165, 1.54) is 0 Å². The van der Waals surface area contributed by atoms with Gasteiger partial charge in [-0.1, -0.05) is 13.8 Å². The van der Waals surface area contributed by atoms with Crippen LogP contribution in [0.3, 0.4) is 0 Å². The highest BCUT2D eigenvalue weighted by Crippen LogP contribution is 2.10. The van der Waals surface area contributed by atoms with Crippen LogP contribution in [0.25, 0.3) is 0 Å². The molecule has 0 spiro atoms. The zero-order valence-corrected chi connectivity index (χ0v) is 9.95. The second-order valence-electron chi connectivity index (χ2n) is 3.46. The Morgan fingerprint density at radius 1 is 1.43 bits per heavy atom. The van der Waals surface area contributed by atoms with Gasteiger partial charge >= 0.3 is 0 Å². The van der Waals surface area contributed by atoms with E-state index in [0.717, 1.165) is 4.47 Å². The van der Waals surface area contributed by atoms with Gasteiger partial charge in [0.2, 0.25) is 5.95 Å². The Bertz CT molecular complexity index is 273. The predicted molar refractivity (Wildman–Crippen MR) is 61.0 cm³/mol. The monoisotopic (exact) mass is 258 g/mol. The van der Waals surface area contributed by atoms with Crippen molar-refractivity contribution in [3.63, 3.8) is 0 Å². The number of hydrogen-bond donors (Lipinski definition) is 2. The van der Waals surface area contributed by atoms with Crippen LogP contribution in [0.5, 0.6) is 0 Å². The molecule has 0 aliphatic heterocycles. The summed E-state index contributed by atoms with van der Waals surface area (Å²) >= 11 is 3.28. The lowest BCUT2D eigenvalue weighted by atomic mass is 10.1. The molecule has 0 saturated heterocycles. The van der Waals surface area contributed by atoms with E-state index < -0.39 is 0 Å². The van der Waals surface area contributed by atoms with Crippen molar-refractivity contribution < 1.29 is 0 Å². The van der Waals surface area contributed by atoms with Crippen LogP contribution in [0.2, 0.25) is 0 Å². The minimum atomic E-state index is 0.219. The summed E-state index contributed by atoms with van der Waals surface area (Å²) < 4.78 is 0.872. The van der Waals surface area contributed by atoms with Gasteiger partial charge in [0, 0.05) is 25.0 Å². The third kappa shape index (κ3) is 3.23. The van der Waals surface area contributed by atoms with Gasteiger partial charge in [-0.15, -0.1) is 0 Å². The smallest absolute Gasteiger partial charge is 0.222 e. The van der Waals surface area contributed by atoms with Crippen molar-refractivity contribution in [2.24, 2.45) is 11.7 Å². The maximum absolute atomic E-state index is 5.62. The lowest BCUT2D eigenvalue weighted by Gasteiger charge is -2.20. The van der Waals surface area contributed by atoms with E-state index >= 15 is 0 Å². The summed E-state index contributed by atoms with van der Waals surface area (Å²) in [6.45, 7) is 4.81. The fourth-order valence-corrected chi connectivity index (χ4v) is 1.26. The molecular weight excluding hydrogens is 244 g/mol. The summed E-state index contributed by atoms with van der Waals surface area (Å²) in [4.78, 5) is 8.25. The molecule has 1 aromatic rings. The van der Waals surface area contributed by atoms with Crippen LogP contribution in [0.15, 0.2) is 16.9 Å². The first-order valence-corrected chi connectivity index (χ1v) is 5.37. The van der Waals surface area contributed by atoms with Crippen LogP contribution < -0.4 is 11.1 Å². The lowest BCUT2D eigenvalue weighted by molar-refractivity contribution is 0.528. The number of anilines is 1. The molecule has 4 nitrogen and oxygen atoms in total. The van der Waals surface area contributed by atoms with Crippen molar-refractivity contribution in [2.45, 2.75) is 19.9 Å². The van der Waals surface area contributed by atoms with E-state index in [-0.39, 0.29) is 6.04 Å². The molecule has 3 N–H and O–H groups in total. The van der Waals surface area contributed by atoms with Gasteiger partial charge in [0.1, 0.15) is 0 Å². The minimum absolute atomic E-state index is 0.219. The van der Waals surface area contributed by atoms with Gasteiger partial charge in [-0.05, 0) is 21.8 Å². The number of nitrogens with zero attached hydrogens (tertiary/aromatic N) is 2. The van der Waals surface area contributed by atoms with E-state index in [1.54, 1.807) is 12.4 Å². The zero-order valence-electron chi connectivity index (χ0n) is 8.37. The maximum Gasteiger partial charge on any atom is 0.222 e. The minimum Gasteiger partial charge on any atom is -0.350 e. The number of nitrogens with one attached hydrogen (secondary N) is 1. The molecule has 1 atom stereocenters. The molecule has 1 rings (SSSR count). The molecule has 0 aliphatic carbocycles. The third-order valence-corrected chi connectivity index (χ3v) is 2.40. The van der Waals surface area contributed by atoms with Crippen LogP contribution in [0.4, 0.5) is 5.95 Å². The molecule has 0 bridgehead atoms. The Labute approximate surface area is 92.5 Å². The second-order valence-corrected chi connectivity index (χ2v) is 4.37. The normalized spacial score (nSPS) is 12.9. The number of aromatic nitrogens is 2. The molecule has 5 heteroatoms. The number of nitrogens with two attached hydrogens (primary N) is 1. The summed E-state index contributed by atoms with van der Waals surface area (Å²) in [6.07, 6.45) is 3.42. The topological polar surface area (TPSA) is 63.8 Å². The van der Waals surface area contributed by atoms with Crippen molar-refractivity contribution >= 4 is 21.9 Å². The van der Waals surface area contributed by atoms with Crippen LogP contribution in [0, 0.1) is 5.92 Å². The first kappa shape index (κ1) is 11.4. The number of halogens is 1. The molecule has 1 aromatic heterocycles. The van der Waals surface area contributed by atoms with Crippen LogP contribution in [-0.4, -0.2) is 22.6 Å². The van der Waals surface area contributed by atoms with E-state index in [9.17, 15) is 0 Å². The summed E-state index contributed by atoms with van der Waals surface area (Å²) in [5.41, 5.74) is 5.62. The summed E-state index contributed by atoms with van der Waals surface area (Å²) in [5.74, 6) is 1.09. The molecule has 0 aromatic carbocycles. The van der Waals surface area contributed by atoms with Crippen molar-refractivity contribution in [3.05, 3.63) is 16.9 Å². The SMILES string of the molecule is CC(C)C(CN)Nc1ncc(Br)cn1. The van der Waals surface area contributed by atoms with E-state index in [4.69, 9.17) is 5.73 Å². The van der Waals surface area contributed by atoms with Crippen molar-refractivity contribution in [2.75, 3.05) is 11.9 Å². The Hall–Kier alpha value is -0.680. The summed E-state index contributed by atoms with van der Waals surface area (Å²) in [5, 5.41) is 3.19. The van der Waals surface area contributed by atoms with Gasteiger partial charge in [0.25, 0.3) is 0 Å². The zero-order chi connectivity index (χ0) is 10.6. The fourth-order valence-electron chi connectivity index (χ4n) is 1.05. The number of rotatable bonds is 4. The maximum atomic E-state index is 5.62. The van der Waals surface area contributed by atoms with E-state index in [0.29, 0.717) is 18.4 Å². The average Bonchev–Trinajstić information content (AvgIpc) is 2.16. The molecule has 1 unspecified atom stereocenters. The summed E-state index contributed by atoms with van der Waals surface area (Å²) in [7, 11) is 0. The van der Waals surface area contributed by atoms with Crippen molar-refractivity contribution in [3.8, 4) is 0 Å². The lowest BCUT2D eigenvalue weighted by Crippen LogP contribution is -2.34. The first-order chi connectivity index (χ1) is 6.63. The molecule has 14 heavy (non-hydrogen) atoms. The molecule has 0 saturated carbocycles. The van der Waals surface area contributed by atoms with Gasteiger partial charge in [-0.25, -0.2) is 9.97 Å². The van der Waals surface area contributed by atoms with Crippen LogP contribution in [-0.2, 0) is 0 Å². The highest BCUT2D eigenvalue weighted by Gasteiger charge is 2.11. The van der Waals surface area contributed by atoms with Gasteiger partial charge in [0.15, 0.2) is 0 Å². The third-order valence-electron chi connectivity index (χ3n) is 1.99. The van der Waals surface area contributed by atoms with E-state index in [1.807, 2.05) is 0 Å². The first-order valence-electron chi connectivity index (χ1n) is 4.57. The van der Waals surface area contributed by atoms with E-state index in [2.05, 4.69) is 45.1 Å². The van der Waals surface area contributed by atoms with Crippen molar-refractivity contribution in [1.29, 1.82) is 0 Å². The highest BCUT2D eigenvalue weighted by molar-refractivity contribution is 9.10. The molecule has 0 aliphatic rings. The van der Waals surface area contributed by atoms with Gasteiger partial charge in [-0.3, -0.25) is 0 Å². The highest BCUT2D eigenvalue weighted by atomic mass is 79.9. The quantitative estimate of drug-likeness (QED) is 0.862. The Kier molecular flexibility index (Phi) is 4.28. The largest absolute Gasteiger partial charge is 0.350 e. The van der Waals surface area contributed by atoms with Gasteiger partial charge in [-0.2, -0.15) is 0 Å². The Balaban J connectivity index is 2.63. The second kappa shape index (κ2) is 5.26. The molecule has 1 heterocycles. The predicted octanol–water partition coefficient (Wildman–Crippen LogP) is 1.63. The molecule has 0 amide bonds. The average molecular weight is 259 g/mol. The molecular formula is C9H15BrN4. The number of hydrogen-bond acceptors (Lipinski definition) is 4. The molecule has 0 radical (unpaired) electrons. The summed E-state index contributed by atoms with van der Waals surface area (Å²) in [6, 6.07) is 0.219. The Morgan fingerprint density at radius 2 is 2.00 bits per heavy atom. The molecule has 0 fully saturated rings. The molecule has 78 valence electrons.